The van der Waals surface area contributed by atoms with Crippen molar-refractivity contribution in [1.82, 2.24) is 14.9 Å². The Bertz CT molecular complexity index is 1270. The second-order valence-electron chi connectivity index (χ2n) is 7.00. The molecule has 6 nitrogen and oxygen atoms in total. The molecular formula is C23H20N4O2S. The van der Waals surface area contributed by atoms with Crippen LogP contribution >= 0.6 is 11.3 Å². The minimum atomic E-state index is -0.279. The largest absolute Gasteiger partial charge is 0.347 e. The Labute approximate surface area is 177 Å². The molecule has 4 rings (SSSR count). The monoisotopic (exact) mass is 416 g/mol. The molecule has 0 aliphatic heterocycles. The summed E-state index contributed by atoms with van der Waals surface area (Å²) < 4.78 is 2.31. The zero-order valence-electron chi connectivity index (χ0n) is 16.6. The molecule has 2 N–H and O–H groups in total. The van der Waals surface area contributed by atoms with Crippen LogP contribution in [0.15, 0.2) is 54.6 Å². The first-order valence-electron chi connectivity index (χ1n) is 9.42. The predicted octanol–water partition coefficient (Wildman–Crippen LogP) is 4.10. The molecule has 0 atom stereocenters. The van der Waals surface area contributed by atoms with Crippen LogP contribution in [0.3, 0.4) is 0 Å². The molecule has 0 unspecified atom stereocenters. The Kier molecular flexibility index (Phi) is 5.29. The third-order valence-electron chi connectivity index (χ3n) is 4.89. The molecule has 4 aromatic rings. The zero-order valence-corrected chi connectivity index (χ0v) is 17.4. The third kappa shape index (κ3) is 3.55. The van der Waals surface area contributed by atoms with E-state index in [9.17, 15) is 9.59 Å². The summed E-state index contributed by atoms with van der Waals surface area (Å²) in [4.78, 5) is 30.1. The van der Waals surface area contributed by atoms with Gasteiger partial charge < -0.3 is 15.3 Å². The first-order valence-corrected chi connectivity index (χ1v) is 10.2. The predicted molar refractivity (Wildman–Crippen MR) is 119 cm³/mol. The van der Waals surface area contributed by atoms with Crippen molar-refractivity contribution in [2.45, 2.75) is 13.5 Å². The van der Waals surface area contributed by atoms with Gasteiger partial charge in [-0.05, 0) is 12.5 Å². The molecule has 2 heterocycles. The van der Waals surface area contributed by atoms with E-state index in [0.29, 0.717) is 38.7 Å². The lowest BCUT2D eigenvalue weighted by atomic mass is 10.1. The van der Waals surface area contributed by atoms with Crippen LogP contribution in [-0.4, -0.2) is 27.5 Å². The standard InChI is InChI=1S/C23H20N4O2S/c1-14-7-6-8-15(11-14)13-25-22(29)18-17(12-24)20-21(27(18)2)26-23(30-20)19(28)16-9-4-3-5-10-16/h3-12,24H,13H2,1-2H3,(H,25,29). The SMILES string of the molecule is Cc1cccc(CNC(=O)c2c(C=N)c3sc(C(=O)c4ccccc4)nc3n2C)c1. The minimum Gasteiger partial charge on any atom is -0.347 e. The maximum atomic E-state index is 12.9. The van der Waals surface area contributed by atoms with Gasteiger partial charge in [0.05, 0.1) is 4.70 Å². The van der Waals surface area contributed by atoms with E-state index in [1.165, 1.54) is 11.3 Å². The van der Waals surface area contributed by atoms with Gasteiger partial charge in [-0.1, -0.05) is 60.2 Å². The van der Waals surface area contributed by atoms with E-state index in [-0.39, 0.29) is 11.7 Å². The van der Waals surface area contributed by atoms with Crippen LogP contribution in [0, 0.1) is 12.3 Å². The number of nitrogens with zero attached hydrogens (tertiary/aromatic N) is 2. The van der Waals surface area contributed by atoms with E-state index in [1.807, 2.05) is 37.3 Å². The average Bonchev–Trinajstić information content (AvgIpc) is 3.30. The lowest BCUT2D eigenvalue weighted by molar-refractivity contribution is 0.0942. The Morgan fingerprint density at radius 1 is 1.17 bits per heavy atom. The topological polar surface area (TPSA) is 87.8 Å². The van der Waals surface area contributed by atoms with Gasteiger partial charge in [-0.15, -0.1) is 11.3 Å². The number of hydrogen-bond acceptors (Lipinski definition) is 5. The van der Waals surface area contributed by atoms with Gasteiger partial charge in [0, 0.05) is 30.9 Å². The van der Waals surface area contributed by atoms with Crippen LogP contribution in [0.2, 0.25) is 0 Å². The second-order valence-corrected chi connectivity index (χ2v) is 8.00. The summed E-state index contributed by atoms with van der Waals surface area (Å²) in [6.07, 6.45) is 1.15. The number of ketones is 1. The van der Waals surface area contributed by atoms with Gasteiger partial charge in [-0.3, -0.25) is 9.59 Å². The number of fused-ring (bicyclic) bond motifs is 1. The molecule has 30 heavy (non-hydrogen) atoms. The number of carbonyl (C=O) groups is 2. The van der Waals surface area contributed by atoms with Crippen molar-refractivity contribution in [3.8, 4) is 0 Å². The van der Waals surface area contributed by atoms with Crippen molar-refractivity contribution in [3.63, 3.8) is 0 Å². The lowest BCUT2D eigenvalue weighted by Crippen LogP contribution is -2.26. The van der Waals surface area contributed by atoms with Crippen molar-refractivity contribution < 1.29 is 9.59 Å². The van der Waals surface area contributed by atoms with Gasteiger partial charge >= 0.3 is 0 Å². The number of aryl methyl sites for hydroxylation is 2. The van der Waals surface area contributed by atoms with Crippen LogP contribution in [0.25, 0.3) is 10.3 Å². The van der Waals surface area contributed by atoms with Gasteiger partial charge in [0.25, 0.3) is 5.91 Å². The summed E-state index contributed by atoms with van der Waals surface area (Å²) in [5, 5.41) is 11.1. The van der Waals surface area contributed by atoms with Crippen molar-refractivity contribution in [1.29, 1.82) is 5.41 Å². The molecule has 0 fully saturated rings. The summed E-state index contributed by atoms with van der Waals surface area (Å²) in [7, 11) is 1.73. The highest BCUT2D eigenvalue weighted by molar-refractivity contribution is 7.20. The second kappa shape index (κ2) is 8.04. The normalized spacial score (nSPS) is 10.9. The lowest BCUT2D eigenvalue weighted by Gasteiger charge is -2.08. The average molecular weight is 417 g/mol. The highest BCUT2D eigenvalue weighted by Crippen LogP contribution is 2.30. The maximum absolute atomic E-state index is 12.9. The van der Waals surface area contributed by atoms with Crippen LogP contribution < -0.4 is 5.32 Å². The molecule has 0 spiro atoms. The van der Waals surface area contributed by atoms with E-state index < -0.39 is 0 Å². The molecule has 150 valence electrons. The Morgan fingerprint density at radius 2 is 1.93 bits per heavy atom. The minimum absolute atomic E-state index is 0.168. The summed E-state index contributed by atoms with van der Waals surface area (Å²) in [5.74, 6) is -0.447. The molecule has 7 heteroatoms. The number of amides is 1. The number of hydrogen-bond donors (Lipinski definition) is 2. The quantitative estimate of drug-likeness (QED) is 0.366. The maximum Gasteiger partial charge on any atom is 0.268 e. The van der Waals surface area contributed by atoms with E-state index in [1.54, 1.807) is 35.9 Å². The van der Waals surface area contributed by atoms with Crippen molar-refractivity contribution >= 4 is 39.6 Å². The van der Waals surface area contributed by atoms with Gasteiger partial charge in [0.1, 0.15) is 5.69 Å². The molecule has 0 aliphatic rings. The molecule has 2 aromatic carbocycles. The smallest absolute Gasteiger partial charge is 0.268 e. The number of benzene rings is 2. The molecule has 0 saturated carbocycles. The fraction of sp³-hybridized carbons (Fsp3) is 0.130. The Balaban J connectivity index is 1.65. The van der Waals surface area contributed by atoms with Crippen LogP contribution in [0.4, 0.5) is 0 Å². The first kappa shape index (κ1) is 19.7. The fourth-order valence-corrected chi connectivity index (χ4v) is 4.49. The summed E-state index contributed by atoms with van der Waals surface area (Å²) in [5.41, 5.74) is 4.05. The summed E-state index contributed by atoms with van der Waals surface area (Å²) in [6, 6.07) is 16.9. The molecule has 0 aliphatic carbocycles. The van der Waals surface area contributed by atoms with Gasteiger partial charge in [-0.2, -0.15) is 0 Å². The molecule has 0 saturated heterocycles. The van der Waals surface area contributed by atoms with Crippen LogP contribution in [0.1, 0.15) is 42.5 Å². The zero-order chi connectivity index (χ0) is 21.3. The van der Waals surface area contributed by atoms with Crippen LogP contribution in [-0.2, 0) is 13.6 Å². The number of rotatable bonds is 6. The molecule has 0 bridgehead atoms. The van der Waals surface area contributed by atoms with Crippen LogP contribution in [0.5, 0.6) is 0 Å². The number of carbonyl (C=O) groups excluding carboxylic acids is 2. The third-order valence-corrected chi connectivity index (χ3v) is 5.96. The van der Waals surface area contributed by atoms with Crippen molar-refractivity contribution in [3.05, 3.63) is 87.6 Å². The fourth-order valence-electron chi connectivity index (χ4n) is 3.42. The molecule has 2 aromatic heterocycles. The highest BCUT2D eigenvalue weighted by atomic mass is 32.1. The van der Waals surface area contributed by atoms with Crippen molar-refractivity contribution in [2.24, 2.45) is 7.05 Å². The number of aromatic nitrogens is 2. The molecule has 0 radical (unpaired) electrons. The number of nitrogens with one attached hydrogen (secondary N) is 2. The van der Waals surface area contributed by atoms with E-state index in [4.69, 9.17) is 5.41 Å². The van der Waals surface area contributed by atoms with Crippen molar-refractivity contribution in [2.75, 3.05) is 0 Å². The number of thiazole rings is 1. The summed E-state index contributed by atoms with van der Waals surface area (Å²) in [6.45, 7) is 2.39. The van der Waals surface area contributed by atoms with E-state index in [0.717, 1.165) is 17.3 Å². The Morgan fingerprint density at radius 3 is 2.63 bits per heavy atom. The van der Waals surface area contributed by atoms with Gasteiger partial charge in [0.15, 0.2) is 10.7 Å². The van der Waals surface area contributed by atoms with E-state index >= 15 is 0 Å². The first-order chi connectivity index (χ1) is 14.5. The van der Waals surface area contributed by atoms with E-state index in [2.05, 4.69) is 10.3 Å². The Hall–Kier alpha value is -3.58. The van der Waals surface area contributed by atoms with Gasteiger partial charge in [0.2, 0.25) is 5.78 Å². The summed E-state index contributed by atoms with van der Waals surface area (Å²) >= 11 is 1.21. The van der Waals surface area contributed by atoms with Gasteiger partial charge in [-0.25, -0.2) is 4.98 Å². The molecule has 1 amide bonds. The molecular weight excluding hydrogens is 396 g/mol. The highest BCUT2D eigenvalue weighted by Gasteiger charge is 2.25.